The number of aliphatic carboxylic acids is 1. The number of rotatable bonds is 9. The van der Waals surface area contributed by atoms with Crippen LogP contribution in [0.5, 0.6) is 11.5 Å². The molecule has 0 aliphatic rings. The Morgan fingerprint density at radius 1 is 1.02 bits per heavy atom. The van der Waals surface area contributed by atoms with Gasteiger partial charge in [0.05, 0.1) is 12.0 Å². The average molecular weight is 602 g/mol. The van der Waals surface area contributed by atoms with E-state index in [0.29, 0.717) is 5.69 Å². The lowest BCUT2D eigenvalue weighted by atomic mass is 9.80. The number of nitrogens with zero attached hydrogens (tertiary/aromatic N) is 1. The van der Waals surface area contributed by atoms with Gasteiger partial charge in [-0.25, -0.2) is 18.2 Å². The van der Waals surface area contributed by atoms with E-state index < -0.39 is 52.7 Å². The van der Waals surface area contributed by atoms with Crippen LogP contribution in [-0.4, -0.2) is 32.2 Å². The van der Waals surface area contributed by atoms with Crippen LogP contribution in [0.1, 0.15) is 42.7 Å². The van der Waals surface area contributed by atoms with Gasteiger partial charge in [-0.05, 0) is 41.8 Å². The first-order chi connectivity index (χ1) is 20.2. The molecule has 0 unspecified atom stereocenters. The number of carbonyl (C=O) groups is 1. The fourth-order valence-corrected chi connectivity index (χ4v) is 5.00. The molecule has 0 saturated heterocycles. The van der Waals surface area contributed by atoms with Gasteiger partial charge in [-0.3, -0.25) is 4.79 Å². The van der Waals surface area contributed by atoms with Crippen LogP contribution in [0.15, 0.2) is 60.9 Å². The molecule has 0 radical (unpaired) electrons. The molecule has 0 atom stereocenters. The third kappa shape index (κ3) is 6.08. The first-order valence-corrected chi connectivity index (χ1v) is 13.1. The van der Waals surface area contributed by atoms with E-state index in [2.05, 4.69) is 15.0 Å². The number of carboxylic acids is 1. The van der Waals surface area contributed by atoms with Crippen LogP contribution in [0.4, 0.5) is 26.3 Å². The summed E-state index contributed by atoms with van der Waals surface area (Å²) in [6, 6.07) is 10.4. The van der Waals surface area contributed by atoms with E-state index in [4.69, 9.17) is 9.84 Å². The molecule has 6 nitrogen and oxygen atoms in total. The van der Waals surface area contributed by atoms with Gasteiger partial charge < -0.3 is 19.8 Å². The molecule has 0 aliphatic heterocycles. The SMILES string of the molecule is CC(C)(c1cnc(-c2cc(Oc3c(F)cc4[nH]ccc4c3CC(F)(F)F)ccc2F)[nH]1)c1cccc(CCC(=O)O)c1F. The van der Waals surface area contributed by atoms with Crippen LogP contribution in [-0.2, 0) is 23.1 Å². The van der Waals surface area contributed by atoms with E-state index >= 15 is 8.78 Å². The van der Waals surface area contributed by atoms with Crippen LogP contribution >= 0.6 is 0 Å². The number of H-pyrrole nitrogens is 2. The third-order valence-corrected chi connectivity index (χ3v) is 7.27. The molecule has 0 aliphatic carbocycles. The zero-order chi connectivity index (χ0) is 31.1. The standard InChI is InChI=1S/C31H25F6N3O3/c1-30(2,21-5-3-4-16(27(21)34)6-9-26(41)42)25-15-39-29(40-25)19-12-17(7-8-22(19)32)43-28-20(14-31(35,36)37)18-10-11-38-24(18)13-23(28)33/h3-5,7-8,10-13,15,38H,6,9,14H2,1-2H3,(H,39,40)(H,41,42). The number of hydrogen-bond donors (Lipinski definition) is 3. The number of imidazole rings is 1. The summed E-state index contributed by atoms with van der Waals surface area (Å²) in [6.07, 6.45) is -3.57. The molecule has 2 aromatic heterocycles. The minimum Gasteiger partial charge on any atom is -0.481 e. The Hall–Kier alpha value is -4.74. The molecule has 0 amide bonds. The van der Waals surface area contributed by atoms with Crippen molar-refractivity contribution in [2.24, 2.45) is 0 Å². The molecule has 0 bridgehead atoms. The van der Waals surface area contributed by atoms with E-state index in [9.17, 15) is 22.4 Å². The molecule has 3 aromatic carbocycles. The Labute approximate surface area is 241 Å². The van der Waals surface area contributed by atoms with Crippen molar-refractivity contribution >= 4 is 16.9 Å². The molecular weight excluding hydrogens is 576 g/mol. The number of aryl methyl sites for hydroxylation is 1. The first kappa shape index (κ1) is 29.7. The molecule has 5 aromatic rings. The van der Waals surface area contributed by atoms with Gasteiger partial charge in [-0.15, -0.1) is 0 Å². The number of alkyl halides is 3. The summed E-state index contributed by atoms with van der Waals surface area (Å²) in [5.74, 6) is -4.16. The van der Waals surface area contributed by atoms with Crippen molar-refractivity contribution in [1.29, 1.82) is 0 Å². The van der Waals surface area contributed by atoms with E-state index in [-0.39, 0.29) is 52.0 Å². The maximum atomic E-state index is 15.4. The summed E-state index contributed by atoms with van der Waals surface area (Å²) >= 11 is 0. The predicted octanol–water partition coefficient (Wildman–Crippen LogP) is 8.22. The summed E-state index contributed by atoms with van der Waals surface area (Å²) < 4.78 is 91.2. The molecule has 224 valence electrons. The zero-order valence-electron chi connectivity index (χ0n) is 22.9. The number of benzene rings is 3. The second kappa shape index (κ2) is 11.2. The third-order valence-electron chi connectivity index (χ3n) is 7.27. The number of halogens is 6. The molecule has 0 spiro atoms. The van der Waals surface area contributed by atoms with Gasteiger partial charge in [0.1, 0.15) is 23.2 Å². The Morgan fingerprint density at radius 3 is 2.51 bits per heavy atom. The van der Waals surface area contributed by atoms with E-state index in [0.717, 1.165) is 18.2 Å². The highest BCUT2D eigenvalue weighted by molar-refractivity contribution is 5.85. The summed E-state index contributed by atoms with van der Waals surface area (Å²) in [5, 5.41) is 9.11. The molecule has 5 rings (SSSR count). The average Bonchev–Trinajstić information content (AvgIpc) is 3.61. The fraction of sp³-hybridized carbons (Fsp3) is 0.226. The van der Waals surface area contributed by atoms with Crippen LogP contribution in [0.25, 0.3) is 22.3 Å². The lowest BCUT2D eigenvalue weighted by molar-refractivity contribution is -0.137. The number of fused-ring (bicyclic) bond motifs is 1. The lowest BCUT2D eigenvalue weighted by Gasteiger charge is -2.25. The predicted molar refractivity (Wildman–Crippen MR) is 147 cm³/mol. The molecule has 12 heteroatoms. The highest BCUT2D eigenvalue weighted by Crippen LogP contribution is 2.40. The quantitative estimate of drug-likeness (QED) is 0.149. The smallest absolute Gasteiger partial charge is 0.393 e. The van der Waals surface area contributed by atoms with Crippen molar-refractivity contribution in [2.45, 2.75) is 44.7 Å². The van der Waals surface area contributed by atoms with Crippen LogP contribution in [0.3, 0.4) is 0 Å². The minimum absolute atomic E-state index is 0.000382. The van der Waals surface area contributed by atoms with Gasteiger partial charge in [0.15, 0.2) is 11.6 Å². The normalized spacial score (nSPS) is 12.2. The van der Waals surface area contributed by atoms with Crippen molar-refractivity contribution in [3.05, 3.63) is 101 Å². The minimum atomic E-state index is -4.66. The molecular formula is C31H25F6N3O3. The largest absolute Gasteiger partial charge is 0.481 e. The van der Waals surface area contributed by atoms with Crippen molar-refractivity contribution in [1.82, 2.24) is 15.0 Å². The van der Waals surface area contributed by atoms with Crippen molar-refractivity contribution in [3.8, 4) is 22.9 Å². The van der Waals surface area contributed by atoms with Gasteiger partial charge in [-0.2, -0.15) is 13.2 Å². The van der Waals surface area contributed by atoms with Crippen LogP contribution < -0.4 is 4.74 Å². The molecule has 2 heterocycles. The van der Waals surface area contributed by atoms with Gasteiger partial charge in [0, 0.05) is 52.5 Å². The molecule has 0 fully saturated rings. The Balaban J connectivity index is 1.48. The Morgan fingerprint density at radius 2 is 1.79 bits per heavy atom. The lowest BCUT2D eigenvalue weighted by Crippen LogP contribution is -2.22. The van der Waals surface area contributed by atoms with E-state index in [1.807, 2.05) is 0 Å². The first-order valence-electron chi connectivity index (χ1n) is 13.1. The number of nitrogens with one attached hydrogen (secondary N) is 2. The Kier molecular flexibility index (Phi) is 7.72. The van der Waals surface area contributed by atoms with Crippen LogP contribution in [0, 0.1) is 17.5 Å². The van der Waals surface area contributed by atoms with Gasteiger partial charge in [0.25, 0.3) is 0 Å². The molecule has 3 N–H and O–H groups in total. The van der Waals surface area contributed by atoms with Crippen LogP contribution in [0.2, 0.25) is 0 Å². The number of carboxylic acid groups (broad SMARTS) is 1. The summed E-state index contributed by atoms with van der Waals surface area (Å²) in [5.41, 5.74) is -0.479. The zero-order valence-corrected chi connectivity index (χ0v) is 22.9. The summed E-state index contributed by atoms with van der Waals surface area (Å²) in [7, 11) is 0. The second-order valence-electron chi connectivity index (χ2n) is 10.6. The number of aromatic nitrogens is 3. The second-order valence-corrected chi connectivity index (χ2v) is 10.6. The number of hydrogen-bond acceptors (Lipinski definition) is 3. The summed E-state index contributed by atoms with van der Waals surface area (Å²) in [4.78, 5) is 20.9. The van der Waals surface area contributed by atoms with E-state index in [1.54, 1.807) is 26.0 Å². The van der Waals surface area contributed by atoms with Crippen molar-refractivity contribution < 1.29 is 41.0 Å². The van der Waals surface area contributed by atoms with E-state index in [1.165, 1.54) is 30.6 Å². The van der Waals surface area contributed by atoms with Crippen molar-refractivity contribution in [2.75, 3.05) is 0 Å². The maximum Gasteiger partial charge on any atom is 0.393 e. The fourth-order valence-electron chi connectivity index (χ4n) is 5.00. The van der Waals surface area contributed by atoms with Gasteiger partial charge >= 0.3 is 12.1 Å². The monoisotopic (exact) mass is 601 g/mol. The number of aromatic amines is 2. The Bertz CT molecular complexity index is 1820. The number of ether oxygens (including phenoxy) is 1. The topological polar surface area (TPSA) is 91.0 Å². The highest BCUT2D eigenvalue weighted by Gasteiger charge is 2.33. The van der Waals surface area contributed by atoms with Crippen molar-refractivity contribution in [3.63, 3.8) is 0 Å². The van der Waals surface area contributed by atoms with Gasteiger partial charge in [-0.1, -0.05) is 32.0 Å². The summed E-state index contributed by atoms with van der Waals surface area (Å²) in [6.45, 7) is 3.42. The highest BCUT2D eigenvalue weighted by atomic mass is 19.4. The molecule has 0 saturated carbocycles. The maximum absolute atomic E-state index is 15.4. The van der Waals surface area contributed by atoms with Gasteiger partial charge in [0.2, 0.25) is 0 Å². The molecule has 43 heavy (non-hydrogen) atoms.